The fourth-order valence-corrected chi connectivity index (χ4v) is 4.51. The van der Waals surface area contributed by atoms with Crippen molar-refractivity contribution in [2.24, 2.45) is 0 Å². The van der Waals surface area contributed by atoms with E-state index in [2.05, 4.69) is 0 Å². The highest BCUT2D eigenvalue weighted by molar-refractivity contribution is 6.36. The van der Waals surface area contributed by atoms with Crippen LogP contribution in [0.25, 0.3) is 43.1 Å². The van der Waals surface area contributed by atoms with Crippen molar-refractivity contribution >= 4 is 55.0 Å². The highest BCUT2D eigenvalue weighted by atomic mass is 16.4. The van der Waals surface area contributed by atoms with Gasteiger partial charge in [-0.15, -0.1) is 0 Å². The van der Waals surface area contributed by atoms with E-state index in [9.17, 15) is 30.3 Å². The SMILES string of the molecule is N#Cc1c(C(=O)O)c2cccc3c4ccc(C(=O)O)c5cccc(c(c1C#N)c23)c54. The number of aromatic carboxylic acids is 2. The summed E-state index contributed by atoms with van der Waals surface area (Å²) in [6, 6.07) is 17.5. The first-order chi connectivity index (χ1) is 14.5. The second-order valence-corrected chi connectivity index (χ2v) is 6.95. The summed E-state index contributed by atoms with van der Waals surface area (Å²) in [5, 5.41) is 43.7. The number of rotatable bonds is 2. The van der Waals surface area contributed by atoms with E-state index in [1.165, 1.54) is 6.07 Å². The first-order valence-corrected chi connectivity index (χ1v) is 8.95. The fourth-order valence-electron chi connectivity index (χ4n) is 4.51. The van der Waals surface area contributed by atoms with Crippen molar-refractivity contribution in [1.82, 2.24) is 0 Å². The lowest BCUT2D eigenvalue weighted by molar-refractivity contribution is 0.0688. The normalized spacial score (nSPS) is 11.1. The van der Waals surface area contributed by atoms with Crippen molar-refractivity contribution in [3.63, 3.8) is 0 Å². The molecule has 5 aromatic rings. The maximum atomic E-state index is 12.0. The minimum atomic E-state index is -1.28. The third kappa shape index (κ3) is 1.99. The zero-order chi connectivity index (χ0) is 21.2. The molecule has 0 bridgehead atoms. The van der Waals surface area contributed by atoms with Crippen molar-refractivity contribution in [1.29, 1.82) is 10.5 Å². The van der Waals surface area contributed by atoms with Crippen LogP contribution in [0.5, 0.6) is 0 Å². The fraction of sp³-hybridized carbons (Fsp3) is 0. The van der Waals surface area contributed by atoms with E-state index in [0.717, 1.165) is 5.39 Å². The van der Waals surface area contributed by atoms with E-state index in [-0.39, 0.29) is 22.3 Å². The Morgan fingerprint density at radius 1 is 0.633 bits per heavy atom. The highest BCUT2D eigenvalue weighted by Gasteiger charge is 2.26. The Labute approximate surface area is 168 Å². The molecule has 0 aliphatic rings. The number of carbonyl (C=O) groups is 2. The quantitative estimate of drug-likeness (QED) is 0.327. The summed E-state index contributed by atoms with van der Waals surface area (Å²) in [7, 11) is 0. The minimum absolute atomic E-state index is 0.0197. The molecule has 30 heavy (non-hydrogen) atoms. The molecule has 0 radical (unpaired) electrons. The Kier molecular flexibility index (Phi) is 3.43. The highest BCUT2D eigenvalue weighted by Crippen LogP contribution is 2.44. The molecule has 0 saturated carbocycles. The lowest BCUT2D eigenvalue weighted by Gasteiger charge is -2.18. The summed E-state index contributed by atoms with van der Waals surface area (Å²) in [4.78, 5) is 23.8. The van der Waals surface area contributed by atoms with E-state index in [1.807, 2.05) is 18.2 Å². The van der Waals surface area contributed by atoms with Gasteiger partial charge in [-0.05, 0) is 43.8 Å². The standard InChI is InChI=1S/C24H10N2O4/c25-9-17-18(10-26)22(24(29)30)16-6-1-3-11-13-7-8-14(23(27)28)12-4-2-5-15(19(12)13)21(17)20(11)16/h1-8H,(H,27,28)(H,29,30). The summed E-state index contributed by atoms with van der Waals surface area (Å²) in [6.45, 7) is 0. The minimum Gasteiger partial charge on any atom is -0.478 e. The second-order valence-electron chi connectivity index (χ2n) is 6.95. The van der Waals surface area contributed by atoms with Gasteiger partial charge in [0.05, 0.1) is 22.3 Å². The van der Waals surface area contributed by atoms with Crippen LogP contribution in [0.3, 0.4) is 0 Å². The van der Waals surface area contributed by atoms with Gasteiger partial charge < -0.3 is 10.2 Å². The number of benzene rings is 5. The van der Waals surface area contributed by atoms with Crippen LogP contribution in [0.1, 0.15) is 31.8 Å². The van der Waals surface area contributed by atoms with E-state index in [1.54, 1.807) is 36.4 Å². The van der Waals surface area contributed by atoms with Crippen LogP contribution in [0.15, 0.2) is 48.5 Å². The van der Waals surface area contributed by atoms with Gasteiger partial charge >= 0.3 is 11.9 Å². The predicted octanol–water partition coefficient (Wildman–Crippen LogP) is 4.88. The Morgan fingerprint density at radius 2 is 1.23 bits per heavy atom. The number of nitrogens with zero attached hydrogens (tertiary/aromatic N) is 2. The first-order valence-electron chi connectivity index (χ1n) is 8.95. The van der Waals surface area contributed by atoms with Crippen LogP contribution in [0.4, 0.5) is 0 Å². The van der Waals surface area contributed by atoms with E-state index >= 15 is 0 Å². The topological polar surface area (TPSA) is 122 Å². The molecule has 2 N–H and O–H groups in total. The molecule has 0 amide bonds. The lowest BCUT2D eigenvalue weighted by Crippen LogP contribution is -2.06. The van der Waals surface area contributed by atoms with Gasteiger partial charge in [0.15, 0.2) is 0 Å². The number of hydrogen-bond acceptors (Lipinski definition) is 4. The van der Waals surface area contributed by atoms with Crippen molar-refractivity contribution in [3.05, 3.63) is 70.8 Å². The largest absolute Gasteiger partial charge is 0.478 e. The van der Waals surface area contributed by atoms with Gasteiger partial charge in [0.2, 0.25) is 0 Å². The average molecular weight is 390 g/mol. The van der Waals surface area contributed by atoms with Gasteiger partial charge in [0, 0.05) is 5.39 Å². The smallest absolute Gasteiger partial charge is 0.337 e. The molecular formula is C24H10N2O4. The van der Waals surface area contributed by atoms with Gasteiger partial charge in [0.25, 0.3) is 0 Å². The lowest BCUT2D eigenvalue weighted by atomic mass is 9.83. The van der Waals surface area contributed by atoms with Crippen molar-refractivity contribution in [2.75, 3.05) is 0 Å². The summed E-state index contributed by atoms with van der Waals surface area (Å²) < 4.78 is 0. The predicted molar refractivity (Wildman–Crippen MR) is 111 cm³/mol. The summed E-state index contributed by atoms with van der Waals surface area (Å²) in [6.07, 6.45) is 0. The molecule has 0 spiro atoms. The number of hydrogen-bond donors (Lipinski definition) is 2. The van der Waals surface area contributed by atoms with Gasteiger partial charge in [-0.3, -0.25) is 0 Å². The van der Waals surface area contributed by atoms with E-state index in [4.69, 9.17) is 0 Å². The van der Waals surface area contributed by atoms with Crippen LogP contribution >= 0.6 is 0 Å². The van der Waals surface area contributed by atoms with Gasteiger partial charge in [-0.1, -0.05) is 42.5 Å². The summed E-state index contributed by atoms with van der Waals surface area (Å²) >= 11 is 0. The molecule has 0 aliphatic heterocycles. The zero-order valence-electron chi connectivity index (χ0n) is 15.2. The summed E-state index contributed by atoms with van der Waals surface area (Å²) in [5.41, 5.74) is -0.284. The van der Waals surface area contributed by atoms with Crippen molar-refractivity contribution in [3.8, 4) is 12.1 Å². The molecule has 5 rings (SSSR count). The average Bonchev–Trinajstić information content (AvgIpc) is 2.75. The van der Waals surface area contributed by atoms with Gasteiger partial charge in [-0.25, -0.2) is 9.59 Å². The molecule has 0 atom stereocenters. The van der Waals surface area contributed by atoms with E-state index < -0.39 is 11.9 Å². The molecule has 0 unspecified atom stereocenters. The molecule has 0 aliphatic carbocycles. The van der Waals surface area contributed by atoms with Crippen molar-refractivity contribution < 1.29 is 19.8 Å². The monoisotopic (exact) mass is 390 g/mol. The van der Waals surface area contributed by atoms with Crippen LogP contribution in [0, 0.1) is 22.7 Å². The van der Waals surface area contributed by atoms with Crippen LogP contribution in [-0.2, 0) is 0 Å². The van der Waals surface area contributed by atoms with Crippen LogP contribution < -0.4 is 0 Å². The first kappa shape index (κ1) is 17.4. The van der Waals surface area contributed by atoms with Crippen LogP contribution in [-0.4, -0.2) is 22.2 Å². The third-order valence-electron chi connectivity index (χ3n) is 5.60. The molecule has 140 valence electrons. The van der Waals surface area contributed by atoms with Gasteiger partial charge in [-0.2, -0.15) is 10.5 Å². The molecular weight excluding hydrogens is 380 g/mol. The number of carboxylic acid groups (broad SMARTS) is 2. The Balaban J connectivity index is 2.25. The Morgan fingerprint density at radius 3 is 1.87 bits per heavy atom. The molecule has 0 heterocycles. The molecule has 0 fully saturated rings. The maximum Gasteiger partial charge on any atom is 0.337 e. The van der Waals surface area contributed by atoms with E-state index in [0.29, 0.717) is 37.7 Å². The maximum absolute atomic E-state index is 12.0. The Hall–Kier alpha value is -4.68. The number of fused-ring (bicyclic) bond motifs is 2. The van der Waals surface area contributed by atoms with Gasteiger partial charge in [0.1, 0.15) is 12.1 Å². The third-order valence-corrected chi connectivity index (χ3v) is 5.60. The molecule has 6 heteroatoms. The second kappa shape index (κ2) is 5.91. The zero-order valence-corrected chi connectivity index (χ0v) is 15.2. The van der Waals surface area contributed by atoms with Crippen LogP contribution in [0.2, 0.25) is 0 Å². The number of nitriles is 2. The Bertz CT molecular complexity index is 1670. The summed E-state index contributed by atoms with van der Waals surface area (Å²) in [5.74, 6) is -2.35. The molecule has 6 nitrogen and oxygen atoms in total. The number of carboxylic acids is 2. The molecule has 0 saturated heterocycles. The molecule has 5 aromatic carbocycles. The van der Waals surface area contributed by atoms with Crippen molar-refractivity contribution in [2.45, 2.75) is 0 Å². The molecule has 0 aromatic heterocycles.